The quantitative estimate of drug-likeness (QED) is 0.909. The highest BCUT2D eigenvalue weighted by Gasteiger charge is 2.28. The Bertz CT molecular complexity index is 472. The second kappa shape index (κ2) is 5.74. The van der Waals surface area contributed by atoms with Crippen LogP contribution in [-0.4, -0.2) is 12.9 Å². The normalized spacial score (nSPS) is 18.4. The Labute approximate surface area is 115 Å². The van der Waals surface area contributed by atoms with E-state index in [-0.39, 0.29) is 6.04 Å². The van der Waals surface area contributed by atoms with E-state index in [1.54, 1.807) is 7.11 Å². The minimum absolute atomic E-state index is 0.0383. The van der Waals surface area contributed by atoms with Gasteiger partial charge in [0.25, 0.3) is 0 Å². The van der Waals surface area contributed by atoms with E-state index < -0.39 is 0 Å². The molecule has 0 aromatic heterocycles. The summed E-state index contributed by atoms with van der Waals surface area (Å²) in [5.74, 6) is 1.63. The monoisotopic (exact) mass is 261 g/mol. The van der Waals surface area contributed by atoms with Crippen molar-refractivity contribution in [3.8, 4) is 5.75 Å². The number of benzene rings is 1. The summed E-state index contributed by atoms with van der Waals surface area (Å²) in [6, 6.07) is 4.14. The molecule has 1 aliphatic carbocycles. The summed E-state index contributed by atoms with van der Waals surface area (Å²) >= 11 is 0. The minimum Gasteiger partial charge on any atom is -0.496 e. The molecule has 1 atom stereocenters. The Hall–Kier alpha value is -1.35. The molecule has 1 aromatic rings. The third kappa shape index (κ3) is 2.98. The van der Waals surface area contributed by atoms with Gasteiger partial charge in [-0.3, -0.25) is 4.79 Å². The van der Waals surface area contributed by atoms with Crippen LogP contribution in [0.15, 0.2) is 12.1 Å². The molecule has 0 heterocycles. The lowest BCUT2D eigenvalue weighted by Crippen LogP contribution is -2.27. The average Bonchev–Trinajstić information content (AvgIpc) is 2.38. The molecule has 1 fully saturated rings. The number of rotatable bonds is 3. The van der Waals surface area contributed by atoms with Crippen LogP contribution in [0.4, 0.5) is 0 Å². The van der Waals surface area contributed by atoms with Gasteiger partial charge in [-0.25, -0.2) is 0 Å². The van der Waals surface area contributed by atoms with E-state index in [9.17, 15) is 4.79 Å². The van der Waals surface area contributed by atoms with Gasteiger partial charge < -0.3 is 10.5 Å². The highest BCUT2D eigenvalue weighted by Crippen LogP contribution is 2.37. The molecule has 0 amide bonds. The fourth-order valence-electron chi connectivity index (χ4n) is 3.09. The van der Waals surface area contributed by atoms with Gasteiger partial charge in [0, 0.05) is 24.4 Å². The van der Waals surface area contributed by atoms with Crippen LogP contribution in [0, 0.1) is 19.8 Å². The van der Waals surface area contributed by atoms with Crippen molar-refractivity contribution in [3.05, 3.63) is 28.8 Å². The van der Waals surface area contributed by atoms with Gasteiger partial charge in [0.1, 0.15) is 11.5 Å². The molecule has 0 bridgehead atoms. The van der Waals surface area contributed by atoms with Crippen LogP contribution in [-0.2, 0) is 4.79 Å². The number of aryl methyl sites for hydroxylation is 2. The zero-order valence-corrected chi connectivity index (χ0v) is 12.0. The number of nitrogens with two attached hydrogens (primary N) is 1. The van der Waals surface area contributed by atoms with Gasteiger partial charge in [-0.2, -0.15) is 0 Å². The first kappa shape index (κ1) is 14.1. The summed E-state index contributed by atoms with van der Waals surface area (Å²) in [4.78, 5) is 11.3. The van der Waals surface area contributed by atoms with Gasteiger partial charge in [0.15, 0.2) is 0 Å². The number of hydrogen-bond acceptors (Lipinski definition) is 3. The van der Waals surface area contributed by atoms with Gasteiger partial charge in [-0.15, -0.1) is 0 Å². The fourth-order valence-corrected chi connectivity index (χ4v) is 3.09. The molecule has 0 aliphatic heterocycles. The largest absolute Gasteiger partial charge is 0.496 e. The number of Topliss-reactive ketones (excluding diaryl/α,β-unsaturated/α-hetero) is 1. The number of carbonyl (C=O) groups excluding carboxylic acids is 1. The second-order valence-electron chi connectivity index (χ2n) is 5.60. The molecule has 0 spiro atoms. The first-order chi connectivity index (χ1) is 9.02. The van der Waals surface area contributed by atoms with Crippen molar-refractivity contribution in [1.29, 1.82) is 0 Å². The molecular formula is C16H23NO2. The van der Waals surface area contributed by atoms with Crippen molar-refractivity contribution in [1.82, 2.24) is 0 Å². The third-order valence-corrected chi connectivity index (χ3v) is 4.14. The van der Waals surface area contributed by atoms with Gasteiger partial charge in [-0.05, 0) is 49.8 Å². The van der Waals surface area contributed by atoms with Crippen molar-refractivity contribution in [3.63, 3.8) is 0 Å². The number of ketones is 1. The molecule has 1 aromatic carbocycles. The van der Waals surface area contributed by atoms with E-state index in [1.165, 1.54) is 11.1 Å². The molecule has 0 saturated heterocycles. The lowest BCUT2D eigenvalue weighted by molar-refractivity contribution is -0.121. The lowest BCUT2D eigenvalue weighted by Gasteiger charge is -2.29. The van der Waals surface area contributed by atoms with Crippen molar-refractivity contribution < 1.29 is 9.53 Å². The number of ether oxygens (including phenoxy) is 1. The molecule has 0 radical (unpaired) electrons. The molecule has 19 heavy (non-hydrogen) atoms. The second-order valence-corrected chi connectivity index (χ2v) is 5.60. The van der Waals surface area contributed by atoms with Crippen LogP contribution in [0.1, 0.15) is 48.4 Å². The Morgan fingerprint density at radius 2 is 1.89 bits per heavy atom. The number of hydrogen-bond donors (Lipinski definition) is 1. The highest BCUT2D eigenvalue weighted by molar-refractivity contribution is 5.79. The molecule has 1 aliphatic rings. The van der Waals surface area contributed by atoms with Crippen LogP contribution >= 0.6 is 0 Å². The van der Waals surface area contributed by atoms with E-state index in [1.807, 2.05) is 6.07 Å². The Kier molecular flexibility index (Phi) is 4.25. The lowest BCUT2D eigenvalue weighted by atomic mass is 9.79. The van der Waals surface area contributed by atoms with Crippen molar-refractivity contribution >= 4 is 5.78 Å². The molecule has 1 saturated carbocycles. The molecule has 2 N–H and O–H groups in total. The smallest absolute Gasteiger partial charge is 0.132 e. The maximum Gasteiger partial charge on any atom is 0.132 e. The van der Waals surface area contributed by atoms with Crippen LogP contribution in [0.5, 0.6) is 5.75 Å². The Balaban J connectivity index is 2.27. The van der Waals surface area contributed by atoms with Crippen LogP contribution < -0.4 is 10.5 Å². The highest BCUT2D eigenvalue weighted by atomic mass is 16.5. The van der Waals surface area contributed by atoms with Gasteiger partial charge in [0.2, 0.25) is 0 Å². The first-order valence-corrected chi connectivity index (χ1v) is 6.95. The van der Waals surface area contributed by atoms with E-state index in [4.69, 9.17) is 10.5 Å². The van der Waals surface area contributed by atoms with Gasteiger partial charge >= 0.3 is 0 Å². The number of methoxy groups -OCH3 is 1. The summed E-state index contributed by atoms with van der Waals surface area (Å²) in [6.07, 6.45) is 3.14. The topological polar surface area (TPSA) is 52.3 Å². The third-order valence-electron chi connectivity index (χ3n) is 4.14. The minimum atomic E-state index is -0.0383. The van der Waals surface area contributed by atoms with Gasteiger partial charge in [-0.1, -0.05) is 6.07 Å². The Morgan fingerprint density at radius 1 is 1.26 bits per heavy atom. The van der Waals surface area contributed by atoms with Crippen molar-refractivity contribution in [2.24, 2.45) is 11.7 Å². The average molecular weight is 261 g/mol. The molecule has 3 nitrogen and oxygen atoms in total. The predicted molar refractivity (Wildman–Crippen MR) is 76.4 cm³/mol. The zero-order chi connectivity index (χ0) is 14.0. The Morgan fingerprint density at radius 3 is 2.47 bits per heavy atom. The molecule has 1 unspecified atom stereocenters. The zero-order valence-electron chi connectivity index (χ0n) is 12.0. The van der Waals surface area contributed by atoms with Crippen LogP contribution in [0.2, 0.25) is 0 Å². The molecular weight excluding hydrogens is 238 g/mol. The molecule has 104 valence electrons. The SMILES string of the molecule is COc1cc(C)cc(C)c1C(N)C1CCC(=O)CC1. The van der Waals surface area contributed by atoms with E-state index in [0.717, 1.165) is 24.2 Å². The summed E-state index contributed by atoms with van der Waals surface area (Å²) < 4.78 is 5.49. The standard InChI is InChI=1S/C16H23NO2/c1-10-8-11(2)15(14(9-10)19-3)16(17)12-4-6-13(18)7-5-12/h8-9,12,16H,4-7,17H2,1-3H3. The number of carbonyl (C=O) groups is 1. The summed E-state index contributed by atoms with van der Waals surface area (Å²) in [5.41, 5.74) is 9.92. The maximum atomic E-state index is 11.3. The first-order valence-electron chi connectivity index (χ1n) is 6.95. The van der Waals surface area contributed by atoms with Crippen LogP contribution in [0.25, 0.3) is 0 Å². The van der Waals surface area contributed by atoms with Crippen LogP contribution in [0.3, 0.4) is 0 Å². The molecule has 2 rings (SSSR count). The van der Waals surface area contributed by atoms with Crippen molar-refractivity contribution in [2.45, 2.75) is 45.6 Å². The van der Waals surface area contributed by atoms with Crippen molar-refractivity contribution in [2.75, 3.05) is 7.11 Å². The summed E-state index contributed by atoms with van der Waals surface area (Å²) in [6.45, 7) is 4.14. The summed E-state index contributed by atoms with van der Waals surface area (Å²) in [5, 5.41) is 0. The predicted octanol–water partition coefficient (Wildman–Crippen LogP) is 3.07. The maximum absolute atomic E-state index is 11.3. The van der Waals surface area contributed by atoms with E-state index in [2.05, 4.69) is 19.9 Å². The van der Waals surface area contributed by atoms with E-state index in [0.29, 0.717) is 24.5 Å². The van der Waals surface area contributed by atoms with Gasteiger partial charge in [0.05, 0.1) is 7.11 Å². The summed E-state index contributed by atoms with van der Waals surface area (Å²) in [7, 11) is 1.69. The molecule has 3 heteroatoms. The fraction of sp³-hybridized carbons (Fsp3) is 0.562. The van der Waals surface area contributed by atoms with E-state index >= 15 is 0 Å².